The number of benzene rings is 1. The van der Waals surface area contributed by atoms with E-state index in [-0.39, 0.29) is 0 Å². The molecule has 0 bridgehead atoms. The molecule has 0 amide bonds. The van der Waals surface area contributed by atoms with Crippen LogP contribution in [-0.4, -0.2) is 15.2 Å². The molecule has 1 aromatic carbocycles. The van der Waals surface area contributed by atoms with E-state index in [1.54, 1.807) is 18.2 Å². The number of rotatable bonds is 2. The number of nitrogens with zero attached hydrogens (tertiary/aromatic N) is 2. The zero-order chi connectivity index (χ0) is 12.5. The van der Waals surface area contributed by atoms with Gasteiger partial charge in [0.15, 0.2) is 0 Å². The number of hydrogen-bond acceptors (Lipinski definition) is 3. The number of aromatic nitrogens is 3. The molecular weight excluding hydrogens is 257 g/mol. The summed E-state index contributed by atoms with van der Waals surface area (Å²) in [4.78, 5) is 3.51. The molecule has 0 unspecified atom stereocenters. The second-order valence-corrected chi connectivity index (χ2v) is 4.01. The lowest BCUT2D eigenvalue weighted by atomic mass is 10.2. The van der Waals surface area contributed by atoms with Gasteiger partial charge < -0.3 is 4.74 Å². The van der Waals surface area contributed by atoms with Crippen molar-refractivity contribution < 1.29 is 9.13 Å². The smallest absolute Gasteiger partial charge is 0.213 e. The highest BCUT2D eigenvalue weighted by Crippen LogP contribution is 2.27. The summed E-state index contributed by atoms with van der Waals surface area (Å²) in [6.45, 7) is 0. The summed E-state index contributed by atoms with van der Waals surface area (Å²) in [5, 5.41) is 7.90. The Kier molecular flexibility index (Phi) is 2.60. The lowest BCUT2D eigenvalue weighted by Crippen LogP contribution is -1.86. The van der Waals surface area contributed by atoms with Gasteiger partial charge in [0.05, 0.1) is 11.7 Å². The maximum atomic E-state index is 12.6. The van der Waals surface area contributed by atoms with Crippen molar-refractivity contribution in [2.24, 2.45) is 0 Å². The molecule has 0 atom stereocenters. The van der Waals surface area contributed by atoms with Crippen LogP contribution in [0, 0.1) is 5.95 Å². The minimum atomic E-state index is -0.546. The summed E-state index contributed by atoms with van der Waals surface area (Å²) >= 11 is 5.93. The van der Waals surface area contributed by atoms with Crippen molar-refractivity contribution in [2.45, 2.75) is 0 Å². The summed E-state index contributed by atoms with van der Waals surface area (Å²) in [5.74, 6) is 0.491. The molecule has 2 aromatic heterocycles. The van der Waals surface area contributed by atoms with E-state index in [2.05, 4.69) is 15.2 Å². The molecule has 6 heteroatoms. The molecule has 3 rings (SSSR count). The molecule has 0 saturated carbocycles. The molecule has 2 heterocycles. The monoisotopic (exact) mass is 263 g/mol. The standard InChI is InChI=1S/C12H7ClFN3O/c13-12-9-5-7(1-3-10(9)16-17-12)18-8-2-4-11(14)15-6-8/h1-6H,(H,16,17). The van der Waals surface area contributed by atoms with Crippen LogP contribution in [0.25, 0.3) is 10.9 Å². The van der Waals surface area contributed by atoms with Gasteiger partial charge in [0.2, 0.25) is 5.95 Å². The number of halogens is 2. The van der Waals surface area contributed by atoms with E-state index in [9.17, 15) is 4.39 Å². The Hall–Kier alpha value is -2.14. The van der Waals surface area contributed by atoms with Crippen molar-refractivity contribution >= 4 is 22.5 Å². The summed E-state index contributed by atoms with van der Waals surface area (Å²) in [5.41, 5.74) is 0.754. The average molecular weight is 264 g/mol. The predicted octanol–water partition coefficient (Wildman–Crippen LogP) is 3.54. The van der Waals surface area contributed by atoms with Crippen LogP contribution < -0.4 is 4.74 Å². The molecule has 18 heavy (non-hydrogen) atoms. The van der Waals surface area contributed by atoms with Crippen molar-refractivity contribution in [3.05, 3.63) is 47.6 Å². The fourth-order valence-electron chi connectivity index (χ4n) is 1.58. The maximum Gasteiger partial charge on any atom is 0.213 e. The number of pyridine rings is 1. The van der Waals surface area contributed by atoms with Crippen LogP contribution in [0.4, 0.5) is 4.39 Å². The van der Waals surface area contributed by atoms with Gasteiger partial charge in [-0.1, -0.05) is 11.6 Å². The Morgan fingerprint density at radius 1 is 1.17 bits per heavy atom. The molecule has 0 aliphatic heterocycles. The molecule has 90 valence electrons. The zero-order valence-corrected chi connectivity index (χ0v) is 9.78. The first-order chi connectivity index (χ1) is 8.72. The molecule has 0 fully saturated rings. The lowest BCUT2D eigenvalue weighted by Gasteiger charge is -2.04. The summed E-state index contributed by atoms with van der Waals surface area (Å²) in [6.07, 6.45) is 1.32. The van der Waals surface area contributed by atoms with Crippen LogP contribution in [0.1, 0.15) is 0 Å². The fraction of sp³-hybridized carbons (Fsp3) is 0. The third-order valence-electron chi connectivity index (χ3n) is 2.41. The number of aromatic amines is 1. The van der Waals surface area contributed by atoms with E-state index in [1.807, 2.05) is 0 Å². The normalized spacial score (nSPS) is 10.8. The van der Waals surface area contributed by atoms with Crippen LogP contribution in [0.5, 0.6) is 11.5 Å². The van der Waals surface area contributed by atoms with Crippen LogP contribution >= 0.6 is 11.6 Å². The number of ether oxygens (including phenoxy) is 1. The van der Waals surface area contributed by atoms with E-state index in [4.69, 9.17) is 16.3 Å². The van der Waals surface area contributed by atoms with E-state index in [1.165, 1.54) is 18.3 Å². The molecule has 3 aromatic rings. The Bertz CT molecular complexity index is 696. The summed E-state index contributed by atoms with van der Waals surface area (Å²) in [6, 6.07) is 8.03. The molecule has 0 aliphatic rings. The number of hydrogen-bond donors (Lipinski definition) is 1. The van der Waals surface area contributed by atoms with Gasteiger partial charge in [-0.15, -0.1) is 0 Å². The van der Waals surface area contributed by atoms with Gasteiger partial charge in [-0.3, -0.25) is 5.10 Å². The number of fused-ring (bicyclic) bond motifs is 1. The minimum Gasteiger partial charge on any atom is -0.456 e. The SMILES string of the molecule is Fc1ccc(Oc2ccc3n[nH]c(Cl)c3c2)cn1. The van der Waals surface area contributed by atoms with Crippen molar-refractivity contribution in [3.63, 3.8) is 0 Å². The minimum absolute atomic E-state index is 0.452. The molecular formula is C12H7ClFN3O. The van der Waals surface area contributed by atoms with Gasteiger partial charge in [-0.05, 0) is 30.3 Å². The van der Waals surface area contributed by atoms with Crippen LogP contribution in [0.15, 0.2) is 36.5 Å². The summed E-state index contributed by atoms with van der Waals surface area (Å²) in [7, 11) is 0. The largest absolute Gasteiger partial charge is 0.456 e. The molecule has 0 aliphatic carbocycles. The van der Waals surface area contributed by atoms with E-state index < -0.39 is 5.95 Å². The third kappa shape index (κ3) is 2.00. The average Bonchev–Trinajstić information content (AvgIpc) is 2.74. The fourth-order valence-corrected chi connectivity index (χ4v) is 1.77. The van der Waals surface area contributed by atoms with E-state index in [0.29, 0.717) is 16.7 Å². The first-order valence-corrected chi connectivity index (χ1v) is 5.53. The Balaban J connectivity index is 1.94. The van der Waals surface area contributed by atoms with Gasteiger partial charge >= 0.3 is 0 Å². The second kappa shape index (κ2) is 4.27. The van der Waals surface area contributed by atoms with E-state index in [0.717, 1.165) is 10.9 Å². The van der Waals surface area contributed by atoms with Crippen molar-refractivity contribution in [2.75, 3.05) is 0 Å². The Labute approximate surface area is 106 Å². The highest BCUT2D eigenvalue weighted by molar-refractivity contribution is 6.34. The predicted molar refractivity (Wildman–Crippen MR) is 65.4 cm³/mol. The first-order valence-electron chi connectivity index (χ1n) is 5.15. The third-order valence-corrected chi connectivity index (χ3v) is 2.70. The molecule has 0 saturated heterocycles. The quantitative estimate of drug-likeness (QED) is 0.720. The van der Waals surface area contributed by atoms with Gasteiger partial charge in [0, 0.05) is 5.39 Å². The second-order valence-electron chi connectivity index (χ2n) is 3.64. The lowest BCUT2D eigenvalue weighted by molar-refractivity contribution is 0.475. The van der Waals surface area contributed by atoms with Crippen LogP contribution in [0.3, 0.4) is 0 Å². The van der Waals surface area contributed by atoms with Crippen LogP contribution in [0.2, 0.25) is 5.15 Å². The molecule has 0 radical (unpaired) electrons. The number of H-pyrrole nitrogens is 1. The summed E-state index contributed by atoms with van der Waals surface area (Å²) < 4.78 is 18.2. The van der Waals surface area contributed by atoms with Crippen LogP contribution in [-0.2, 0) is 0 Å². The Morgan fingerprint density at radius 2 is 2.00 bits per heavy atom. The van der Waals surface area contributed by atoms with Crippen molar-refractivity contribution in [3.8, 4) is 11.5 Å². The molecule has 1 N–H and O–H groups in total. The molecule has 0 spiro atoms. The highest BCUT2D eigenvalue weighted by atomic mass is 35.5. The molecule has 4 nitrogen and oxygen atoms in total. The van der Waals surface area contributed by atoms with Gasteiger partial charge in [-0.25, -0.2) is 4.98 Å². The first kappa shape index (κ1) is 11.0. The topological polar surface area (TPSA) is 50.8 Å². The maximum absolute atomic E-state index is 12.6. The Morgan fingerprint density at radius 3 is 2.78 bits per heavy atom. The van der Waals surface area contributed by atoms with Crippen molar-refractivity contribution in [1.29, 1.82) is 0 Å². The highest BCUT2D eigenvalue weighted by Gasteiger charge is 2.05. The van der Waals surface area contributed by atoms with E-state index >= 15 is 0 Å². The number of nitrogens with one attached hydrogen (secondary N) is 1. The zero-order valence-electron chi connectivity index (χ0n) is 9.02. The van der Waals surface area contributed by atoms with Crippen molar-refractivity contribution in [1.82, 2.24) is 15.2 Å². The van der Waals surface area contributed by atoms with Gasteiger partial charge in [0.25, 0.3) is 0 Å². The van der Waals surface area contributed by atoms with Gasteiger partial charge in [0.1, 0.15) is 16.7 Å². The van der Waals surface area contributed by atoms with Gasteiger partial charge in [-0.2, -0.15) is 9.49 Å².